The summed E-state index contributed by atoms with van der Waals surface area (Å²) in [6.45, 7) is 4.97. The van der Waals surface area contributed by atoms with Gasteiger partial charge in [0, 0.05) is 32.1 Å². The second kappa shape index (κ2) is 8.84. The zero-order valence-corrected chi connectivity index (χ0v) is 15.7. The van der Waals surface area contributed by atoms with Gasteiger partial charge in [-0.2, -0.15) is 0 Å². The number of nitrogens with two attached hydrogens (primary N) is 1. The standard InChI is InChI=1S/C19H32N4O3/c20-18(25)16-5-4-10-23(13-16)17(24)14-21-11-6-15(7-12-21)19(26)22-8-2-1-3-9-22/h15-16H,1-14H2,(H2,20,25). The molecule has 0 aromatic heterocycles. The Morgan fingerprint density at radius 1 is 0.769 bits per heavy atom. The first kappa shape index (κ1) is 19.1. The Balaban J connectivity index is 1.42. The van der Waals surface area contributed by atoms with E-state index < -0.39 is 0 Å². The zero-order valence-electron chi connectivity index (χ0n) is 15.7. The van der Waals surface area contributed by atoms with Crippen molar-refractivity contribution in [1.29, 1.82) is 0 Å². The quantitative estimate of drug-likeness (QED) is 0.784. The first-order valence-corrected chi connectivity index (χ1v) is 10.1. The highest BCUT2D eigenvalue weighted by Crippen LogP contribution is 2.22. The molecule has 0 aliphatic carbocycles. The second-order valence-electron chi connectivity index (χ2n) is 8.02. The van der Waals surface area contributed by atoms with Gasteiger partial charge in [-0.1, -0.05) is 0 Å². The summed E-state index contributed by atoms with van der Waals surface area (Å²) in [5.41, 5.74) is 5.40. The monoisotopic (exact) mass is 364 g/mol. The smallest absolute Gasteiger partial charge is 0.236 e. The van der Waals surface area contributed by atoms with Crippen LogP contribution in [0, 0.1) is 11.8 Å². The van der Waals surface area contributed by atoms with Crippen molar-refractivity contribution in [2.24, 2.45) is 17.6 Å². The minimum Gasteiger partial charge on any atom is -0.369 e. The molecule has 0 spiro atoms. The molecule has 26 heavy (non-hydrogen) atoms. The van der Waals surface area contributed by atoms with Crippen molar-refractivity contribution in [3.8, 4) is 0 Å². The number of hydrogen-bond donors (Lipinski definition) is 1. The molecule has 3 saturated heterocycles. The first-order valence-electron chi connectivity index (χ1n) is 10.1. The summed E-state index contributed by atoms with van der Waals surface area (Å²) >= 11 is 0. The van der Waals surface area contributed by atoms with Crippen LogP contribution in [0.25, 0.3) is 0 Å². The summed E-state index contributed by atoms with van der Waals surface area (Å²) in [5.74, 6) is 0.00147. The summed E-state index contributed by atoms with van der Waals surface area (Å²) in [6.07, 6.45) is 6.79. The Bertz CT molecular complexity index is 525. The Morgan fingerprint density at radius 2 is 1.42 bits per heavy atom. The Morgan fingerprint density at radius 3 is 2.08 bits per heavy atom. The molecule has 3 amide bonds. The van der Waals surface area contributed by atoms with E-state index in [1.165, 1.54) is 6.42 Å². The van der Waals surface area contributed by atoms with E-state index in [0.717, 1.165) is 64.7 Å². The van der Waals surface area contributed by atoms with Crippen LogP contribution in [0.4, 0.5) is 0 Å². The zero-order chi connectivity index (χ0) is 18.5. The highest BCUT2D eigenvalue weighted by Gasteiger charge is 2.31. The lowest BCUT2D eigenvalue weighted by atomic mass is 9.94. The molecule has 3 aliphatic rings. The van der Waals surface area contributed by atoms with Gasteiger partial charge < -0.3 is 15.5 Å². The van der Waals surface area contributed by atoms with E-state index in [9.17, 15) is 14.4 Å². The second-order valence-corrected chi connectivity index (χ2v) is 8.02. The Kier molecular flexibility index (Phi) is 6.51. The molecule has 1 atom stereocenters. The van der Waals surface area contributed by atoms with E-state index in [0.29, 0.717) is 25.5 Å². The number of likely N-dealkylation sites (tertiary alicyclic amines) is 3. The van der Waals surface area contributed by atoms with E-state index >= 15 is 0 Å². The Hall–Kier alpha value is -1.63. The number of primary amides is 1. The fraction of sp³-hybridized carbons (Fsp3) is 0.842. The number of amides is 3. The van der Waals surface area contributed by atoms with Crippen LogP contribution < -0.4 is 5.73 Å². The molecule has 0 aromatic carbocycles. The minimum absolute atomic E-state index is 0.0803. The Labute approximate surface area is 155 Å². The molecule has 7 nitrogen and oxygen atoms in total. The highest BCUT2D eigenvalue weighted by molar-refractivity contribution is 5.81. The van der Waals surface area contributed by atoms with E-state index in [4.69, 9.17) is 5.73 Å². The number of nitrogens with zero attached hydrogens (tertiary/aromatic N) is 3. The number of carbonyl (C=O) groups is 3. The molecule has 3 fully saturated rings. The van der Waals surface area contributed by atoms with Gasteiger partial charge >= 0.3 is 0 Å². The van der Waals surface area contributed by atoms with E-state index in [1.54, 1.807) is 4.90 Å². The highest BCUT2D eigenvalue weighted by atomic mass is 16.2. The molecule has 0 aromatic rings. The summed E-state index contributed by atoms with van der Waals surface area (Å²) < 4.78 is 0. The summed E-state index contributed by atoms with van der Waals surface area (Å²) in [6, 6.07) is 0. The van der Waals surface area contributed by atoms with Gasteiger partial charge in [0.05, 0.1) is 12.5 Å². The van der Waals surface area contributed by atoms with Gasteiger partial charge in [-0.3, -0.25) is 19.3 Å². The van der Waals surface area contributed by atoms with Gasteiger partial charge in [0.1, 0.15) is 0 Å². The number of carbonyl (C=O) groups excluding carboxylic acids is 3. The predicted molar refractivity (Wildman–Crippen MR) is 98.1 cm³/mol. The average molecular weight is 364 g/mol. The van der Waals surface area contributed by atoms with Gasteiger partial charge in [0.2, 0.25) is 17.7 Å². The number of hydrogen-bond acceptors (Lipinski definition) is 4. The van der Waals surface area contributed by atoms with Crippen molar-refractivity contribution in [3.05, 3.63) is 0 Å². The lowest BCUT2D eigenvalue weighted by Gasteiger charge is -2.37. The minimum atomic E-state index is -0.306. The topological polar surface area (TPSA) is 87.0 Å². The maximum Gasteiger partial charge on any atom is 0.236 e. The summed E-state index contributed by atoms with van der Waals surface area (Å²) in [5, 5.41) is 0. The van der Waals surface area contributed by atoms with E-state index in [1.807, 2.05) is 4.90 Å². The third kappa shape index (κ3) is 4.75. The number of piperidine rings is 3. The van der Waals surface area contributed by atoms with Gasteiger partial charge in [-0.25, -0.2) is 0 Å². The van der Waals surface area contributed by atoms with Crippen LogP contribution in [0.1, 0.15) is 44.9 Å². The molecule has 0 radical (unpaired) electrons. The molecule has 146 valence electrons. The van der Waals surface area contributed by atoms with Gasteiger partial charge in [-0.15, -0.1) is 0 Å². The lowest BCUT2D eigenvalue weighted by Crippen LogP contribution is -2.49. The summed E-state index contributed by atoms with van der Waals surface area (Å²) in [7, 11) is 0. The SMILES string of the molecule is NC(=O)C1CCCN(C(=O)CN2CCC(C(=O)N3CCCCC3)CC2)C1. The van der Waals surface area contributed by atoms with Crippen LogP contribution >= 0.6 is 0 Å². The molecular formula is C19H32N4O3. The van der Waals surface area contributed by atoms with Crippen molar-refractivity contribution in [2.75, 3.05) is 45.8 Å². The van der Waals surface area contributed by atoms with Crippen LogP contribution in [0.15, 0.2) is 0 Å². The van der Waals surface area contributed by atoms with Crippen molar-refractivity contribution in [2.45, 2.75) is 44.9 Å². The molecule has 0 bridgehead atoms. The van der Waals surface area contributed by atoms with E-state index in [2.05, 4.69) is 4.90 Å². The number of rotatable bonds is 4. The fourth-order valence-electron chi connectivity index (χ4n) is 4.44. The van der Waals surface area contributed by atoms with E-state index in [-0.39, 0.29) is 23.7 Å². The molecule has 3 rings (SSSR count). The van der Waals surface area contributed by atoms with Crippen molar-refractivity contribution in [3.63, 3.8) is 0 Å². The van der Waals surface area contributed by atoms with Crippen LogP contribution in [-0.2, 0) is 14.4 Å². The molecule has 7 heteroatoms. The molecule has 3 heterocycles. The van der Waals surface area contributed by atoms with Crippen molar-refractivity contribution in [1.82, 2.24) is 14.7 Å². The molecular weight excluding hydrogens is 332 g/mol. The van der Waals surface area contributed by atoms with Crippen LogP contribution in [0.5, 0.6) is 0 Å². The normalized spacial score (nSPS) is 25.9. The van der Waals surface area contributed by atoms with Crippen molar-refractivity contribution < 1.29 is 14.4 Å². The van der Waals surface area contributed by atoms with Gasteiger partial charge in [0.15, 0.2) is 0 Å². The van der Waals surface area contributed by atoms with Crippen molar-refractivity contribution >= 4 is 17.7 Å². The van der Waals surface area contributed by atoms with Gasteiger partial charge in [-0.05, 0) is 58.0 Å². The maximum absolute atomic E-state index is 12.6. The fourth-order valence-corrected chi connectivity index (χ4v) is 4.44. The molecule has 3 aliphatic heterocycles. The maximum atomic E-state index is 12.6. The lowest BCUT2D eigenvalue weighted by molar-refractivity contribution is -0.138. The first-order chi connectivity index (χ1) is 12.5. The molecule has 0 saturated carbocycles. The summed E-state index contributed by atoms with van der Waals surface area (Å²) in [4.78, 5) is 42.5. The van der Waals surface area contributed by atoms with Crippen LogP contribution in [-0.4, -0.2) is 78.2 Å². The van der Waals surface area contributed by atoms with Gasteiger partial charge in [0.25, 0.3) is 0 Å². The third-order valence-corrected chi connectivity index (χ3v) is 6.14. The molecule has 2 N–H and O–H groups in total. The van der Waals surface area contributed by atoms with Crippen LogP contribution in [0.2, 0.25) is 0 Å². The third-order valence-electron chi connectivity index (χ3n) is 6.14. The largest absolute Gasteiger partial charge is 0.369 e. The predicted octanol–water partition coefficient (Wildman–Crippen LogP) is 0.435. The average Bonchev–Trinajstić information content (AvgIpc) is 2.68. The molecule has 1 unspecified atom stereocenters. The van der Waals surface area contributed by atoms with Crippen LogP contribution in [0.3, 0.4) is 0 Å².